The van der Waals surface area contributed by atoms with E-state index in [-0.39, 0.29) is 24.9 Å². The highest BCUT2D eigenvalue weighted by atomic mass is 32.2. The Morgan fingerprint density at radius 3 is 2.27 bits per heavy atom. The highest BCUT2D eigenvalue weighted by Gasteiger charge is 2.21. The van der Waals surface area contributed by atoms with E-state index in [1.165, 1.54) is 0 Å². The molecule has 0 unspecified atom stereocenters. The monoisotopic (exact) mass is 381 g/mol. The zero-order valence-corrected chi connectivity index (χ0v) is 17.1. The lowest BCUT2D eigenvalue weighted by Crippen LogP contribution is -2.45. The predicted octanol–water partition coefficient (Wildman–Crippen LogP) is 1.88. The highest BCUT2D eigenvalue weighted by Crippen LogP contribution is 2.21. The van der Waals surface area contributed by atoms with Gasteiger partial charge in [0.2, 0.25) is 15.9 Å². The second-order valence-electron chi connectivity index (χ2n) is 7.15. The number of nitrogens with one attached hydrogen (secondary N) is 2. The van der Waals surface area contributed by atoms with Crippen LogP contribution in [0.1, 0.15) is 42.9 Å². The van der Waals surface area contributed by atoms with Gasteiger partial charge in [0, 0.05) is 32.1 Å². The number of carbonyl (C=O) groups excluding carboxylic acids is 1. The molecule has 2 N–H and O–H groups in total. The smallest absolute Gasteiger partial charge is 0.241 e. The van der Waals surface area contributed by atoms with Gasteiger partial charge in [-0.2, -0.15) is 0 Å². The summed E-state index contributed by atoms with van der Waals surface area (Å²) in [6, 6.07) is 3.91. The van der Waals surface area contributed by atoms with Gasteiger partial charge in [-0.15, -0.1) is 0 Å². The third kappa shape index (κ3) is 5.53. The third-order valence-electron chi connectivity index (χ3n) is 4.92. The normalized spacial score (nSPS) is 16.6. The number of piperidine rings is 1. The first kappa shape index (κ1) is 20.9. The summed E-state index contributed by atoms with van der Waals surface area (Å²) < 4.78 is 27.7. The summed E-state index contributed by atoms with van der Waals surface area (Å²) in [6.07, 6.45) is 2.05. The molecule has 7 heteroatoms. The van der Waals surface area contributed by atoms with Gasteiger partial charge in [0.25, 0.3) is 0 Å². The van der Waals surface area contributed by atoms with Gasteiger partial charge < -0.3 is 10.2 Å². The quantitative estimate of drug-likeness (QED) is 0.756. The standard InChI is InChI=1S/C19H31N3O3S/c1-5-22-10-7-17(8-11-22)21-18(23)6-9-20-26(24,25)19-15(3)12-14(2)13-16(19)4/h12-13,17,20H,5-11H2,1-4H3,(H,21,23). The molecule has 2 rings (SSSR count). The Bertz CT molecular complexity index is 715. The first-order valence-corrected chi connectivity index (χ1v) is 10.8. The van der Waals surface area contributed by atoms with Crippen molar-refractivity contribution in [1.82, 2.24) is 14.9 Å². The lowest BCUT2D eigenvalue weighted by molar-refractivity contribution is -0.121. The fraction of sp³-hybridized carbons (Fsp3) is 0.632. The van der Waals surface area contributed by atoms with Crippen LogP contribution in [0.25, 0.3) is 0 Å². The lowest BCUT2D eigenvalue weighted by atomic mass is 10.1. The maximum Gasteiger partial charge on any atom is 0.241 e. The molecule has 1 aliphatic rings. The Morgan fingerprint density at radius 2 is 1.73 bits per heavy atom. The van der Waals surface area contributed by atoms with Crippen LogP contribution in [0.4, 0.5) is 0 Å². The van der Waals surface area contributed by atoms with Gasteiger partial charge >= 0.3 is 0 Å². The van der Waals surface area contributed by atoms with Gasteiger partial charge in [-0.3, -0.25) is 4.79 Å². The molecule has 0 radical (unpaired) electrons. The summed E-state index contributed by atoms with van der Waals surface area (Å²) in [5.74, 6) is -0.0972. The SMILES string of the molecule is CCN1CCC(NC(=O)CCNS(=O)(=O)c2c(C)cc(C)cc2C)CC1. The van der Waals surface area contributed by atoms with E-state index in [0.29, 0.717) is 4.90 Å². The number of aryl methyl sites for hydroxylation is 3. The second kappa shape index (κ2) is 8.97. The average Bonchev–Trinajstić information content (AvgIpc) is 2.54. The molecule has 0 saturated carbocycles. The minimum absolute atomic E-state index is 0.0972. The topological polar surface area (TPSA) is 78.5 Å². The molecule has 6 nitrogen and oxygen atoms in total. The van der Waals surface area contributed by atoms with E-state index in [0.717, 1.165) is 49.2 Å². The van der Waals surface area contributed by atoms with E-state index >= 15 is 0 Å². The van der Waals surface area contributed by atoms with Crippen LogP contribution in [0.15, 0.2) is 17.0 Å². The number of amides is 1. The number of sulfonamides is 1. The van der Waals surface area contributed by atoms with Crippen LogP contribution in [0.5, 0.6) is 0 Å². The van der Waals surface area contributed by atoms with Gasteiger partial charge in [-0.25, -0.2) is 13.1 Å². The Kier molecular flexibility index (Phi) is 7.20. The summed E-state index contributed by atoms with van der Waals surface area (Å²) >= 11 is 0. The number of likely N-dealkylation sites (tertiary alicyclic amines) is 1. The molecule has 146 valence electrons. The predicted molar refractivity (Wildman–Crippen MR) is 104 cm³/mol. The number of hydrogen-bond acceptors (Lipinski definition) is 4. The molecular weight excluding hydrogens is 350 g/mol. The van der Waals surface area contributed by atoms with Crippen LogP contribution in [0.2, 0.25) is 0 Å². The van der Waals surface area contributed by atoms with Gasteiger partial charge in [-0.05, 0) is 51.3 Å². The minimum Gasteiger partial charge on any atom is -0.353 e. The van der Waals surface area contributed by atoms with E-state index in [1.807, 2.05) is 19.1 Å². The summed E-state index contributed by atoms with van der Waals surface area (Å²) in [4.78, 5) is 14.8. The van der Waals surface area contributed by atoms with Crippen molar-refractivity contribution in [3.63, 3.8) is 0 Å². The number of rotatable bonds is 7. The molecular formula is C19H31N3O3S. The van der Waals surface area contributed by atoms with E-state index in [1.54, 1.807) is 13.8 Å². The van der Waals surface area contributed by atoms with E-state index in [9.17, 15) is 13.2 Å². The minimum atomic E-state index is -3.61. The molecule has 1 saturated heterocycles. The summed E-state index contributed by atoms with van der Waals surface area (Å²) in [5, 5.41) is 3.02. The molecule has 0 atom stereocenters. The second-order valence-corrected chi connectivity index (χ2v) is 8.86. The van der Waals surface area contributed by atoms with Crippen LogP contribution >= 0.6 is 0 Å². The maximum atomic E-state index is 12.6. The maximum absolute atomic E-state index is 12.6. The average molecular weight is 382 g/mol. The number of carbonyl (C=O) groups is 1. The summed E-state index contributed by atoms with van der Waals surface area (Å²) in [6.45, 7) is 10.8. The fourth-order valence-electron chi connectivity index (χ4n) is 3.66. The molecule has 1 heterocycles. The van der Waals surface area contributed by atoms with Gasteiger partial charge in [0.15, 0.2) is 0 Å². The number of hydrogen-bond donors (Lipinski definition) is 2. The van der Waals surface area contributed by atoms with Crippen LogP contribution in [-0.2, 0) is 14.8 Å². The molecule has 1 amide bonds. The fourth-order valence-corrected chi connectivity index (χ4v) is 5.14. The summed E-state index contributed by atoms with van der Waals surface area (Å²) in [7, 11) is -3.61. The van der Waals surface area contributed by atoms with E-state index < -0.39 is 10.0 Å². The van der Waals surface area contributed by atoms with Crippen molar-refractivity contribution in [3.05, 3.63) is 28.8 Å². The first-order valence-electron chi connectivity index (χ1n) is 9.32. The van der Waals surface area contributed by atoms with Gasteiger partial charge in [0.05, 0.1) is 4.90 Å². The van der Waals surface area contributed by atoms with E-state index in [2.05, 4.69) is 21.9 Å². The van der Waals surface area contributed by atoms with Crippen LogP contribution in [-0.4, -0.2) is 51.4 Å². The molecule has 26 heavy (non-hydrogen) atoms. The molecule has 1 fully saturated rings. The van der Waals surface area contributed by atoms with Crippen molar-refractivity contribution in [1.29, 1.82) is 0 Å². The molecule has 0 bridgehead atoms. The van der Waals surface area contributed by atoms with Crippen molar-refractivity contribution in [2.45, 2.75) is 57.9 Å². The summed E-state index contributed by atoms with van der Waals surface area (Å²) in [5.41, 5.74) is 2.48. The van der Waals surface area contributed by atoms with Crippen LogP contribution in [0.3, 0.4) is 0 Å². The first-order chi connectivity index (χ1) is 12.2. The number of benzene rings is 1. The Morgan fingerprint density at radius 1 is 1.15 bits per heavy atom. The van der Waals surface area contributed by atoms with Crippen molar-refractivity contribution < 1.29 is 13.2 Å². The van der Waals surface area contributed by atoms with Gasteiger partial charge in [-0.1, -0.05) is 24.6 Å². The van der Waals surface area contributed by atoms with Crippen LogP contribution in [0, 0.1) is 20.8 Å². The zero-order chi connectivity index (χ0) is 19.3. The van der Waals surface area contributed by atoms with Crippen LogP contribution < -0.4 is 10.0 Å². The Hall–Kier alpha value is -1.44. The molecule has 0 aliphatic carbocycles. The Balaban J connectivity index is 1.84. The van der Waals surface area contributed by atoms with Crippen molar-refractivity contribution in [3.8, 4) is 0 Å². The largest absolute Gasteiger partial charge is 0.353 e. The highest BCUT2D eigenvalue weighted by molar-refractivity contribution is 7.89. The number of nitrogens with zero attached hydrogens (tertiary/aromatic N) is 1. The van der Waals surface area contributed by atoms with Crippen molar-refractivity contribution in [2.24, 2.45) is 0 Å². The lowest BCUT2D eigenvalue weighted by Gasteiger charge is -2.31. The van der Waals surface area contributed by atoms with Crippen molar-refractivity contribution in [2.75, 3.05) is 26.2 Å². The molecule has 1 aromatic rings. The van der Waals surface area contributed by atoms with Gasteiger partial charge in [0.1, 0.15) is 0 Å². The molecule has 0 spiro atoms. The zero-order valence-electron chi connectivity index (χ0n) is 16.3. The van der Waals surface area contributed by atoms with Crippen molar-refractivity contribution >= 4 is 15.9 Å². The molecule has 0 aromatic heterocycles. The Labute approximate surface area is 157 Å². The molecule has 1 aliphatic heterocycles. The van der Waals surface area contributed by atoms with E-state index in [4.69, 9.17) is 0 Å². The third-order valence-corrected chi connectivity index (χ3v) is 6.68. The molecule has 1 aromatic carbocycles.